The van der Waals surface area contributed by atoms with Gasteiger partial charge in [0, 0.05) is 23.7 Å². The third-order valence-electron chi connectivity index (χ3n) is 9.08. The molecule has 2 rings (SSSR count). The zero-order valence-electron chi connectivity index (χ0n) is 21.2. The fourth-order valence-corrected chi connectivity index (χ4v) is 7.56. The predicted molar refractivity (Wildman–Crippen MR) is 129 cm³/mol. The van der Waals surface area contributed by atoms with Gasteiger partial charge in [-0.3, -0.25) is 0 Å². The van der Waals surface area contributed by atoms with Gasteiger partial charge < -0.3 is 8.97 Å². The van der Waals surface area contributed by atoms with Crippen LogP contribution in [0.15, 0.2) is 0 Å². The quantitative estimate of drug-likeness (QED) is 0.220. The number of unbranched alkanes of at least 4 members (excludes halogenated alkanes) is 2. The van der Waals surface area contributed by atoms with Gasteiger partial charge >= 0.3 is 0 Å². The maximum atomic E-state index is 2.43. The normalized spacial score (nSPS) is 37.4. The molecule has 2 heterocycles. The minimum Gasteiger partial charge on any atom is -0.323 e. The van der Waals surface area contributed by atoms with Crippen molar-refractivity contribution in [3.05, 3.63) is 0 Å². The summed E-state index contributed by atoms with van der Waals surface area (Å²) in [6, 6.07) is 0. The van der Waals surface area contributed by atoms with Gasteiger partial charge in [-0.1, -0.05) is 41.5 Å². The Morgan fingerprint density at radius 3 is 1.00 bits per heavy atom. The molecule has 0 spiro atoms. The Morgan fingerprint density at radius 2 is 0.759 bits per heavy atom. The van der Waals surface area contributed by atoms with E-state index in [1.54, 1.807) is 0 Å². The van der Waals surface area contributed by atoms with Crippen LogP contribution in [0.2, 0.25) is 0 Å². The summed E-state index contributed by atoms with van der Waals surface area (Å²) >= 11 is 0. The van der Waals surface area contributed by atoms with E-state index in [0.717, 1.165) is 23.7 Å². The van der Waals surface area contributed by atoms with Gasteiger partial charge in [0.25, 0.3) is 0 Å². The largest absolute Gasteiger partial charge is 0.323 e. The lowest BCUT2D eigenvalue weighted by molar-refractivity contribution is -0.921. The molecule has 2 fully saturated rings. The van der Waals surface area contributed by atoms with E-state index in [1.165, 1.54) is 119 Å². The molecule has 29 heavy (non-hydrogen) atoms. The van der Waals surface area contributed by atoms with Crippen molar-refractivity contribution in [1.82, 2.24) is 0 Å². The average Bonchev–Trinajstić information content (AvgIpc) is 3.26. The first-order valence-electron chi connectivity index (χ1n) is 13.7. The van der Waals surface area contributed by atoms with Gasteiger partial charge in [-0.2, -0.15) is 0 Å². The highest BCUT2D eigenvalue weighted by molar-refractivity contribution is 4.76. The Morgan fingerprint density at radius 1 is 0.448 bits per heavy atom. The molecule has 0 aromatic heterocycles. The van der Waals surface area contributed by atoms with Gasteiger partial charge in [0.2, 0.25) is 0 Å². The van der Waals surface area contributed by atoms with Crippen molar-refractivity contribution >= 4 is 0 Å². The number of hydrogen-bond acceptors (Lipinski definition) is 0. The smallest absolute Gasteiger partial charge is 0.0820 e. The van der Waals surface area contributed by atoms with E-state index in [0.29, 0.717) is 0 Å². The molecule has 2 aliphatic heterocycles. The minimum absolute atomic E-state index is 0.992. The first-order chi connectivity index (χ1) is 14.0. The molecule has 0 aliphatic carbocycles. The molecule has 4 unspecified atom stereocenters. The summed E-state index contributed by atoms with van der Waals surface area (Å²) in [6.45, 7) is 26.2. The lowest BCUT2D eigenvalue weighted by Gasteiger charge is -2.36. The summed E-state index contributed by atoms with van der Waals surface area (Å²) in [7, 11) is 0. The van der Waals surface area contributed by atoms with Crippen LogP contribution in [0.3, 0.4) is 0 Å². The van der Waals surface area contributed by atoms with Gasteiger partial charge in [0.05, 0.1) is 52.4 Å². The average molecular weight is 409 g/mol. The second kappa shape index (κ2) is 12.1. The molecular formula is C27H56N2+2. The molecule has 0 aromatic rings. The lowest BCUT2D eigenvalue weighted by Crippen LogP contribution is -2.48. The first kappa shape index (κ1) is 25.2. The Hall–Kier alpha value is -0.0800. The summed E-state index contributed by atoms with van der Waals surface area (Å²) < 4.78 is 2.91. The molecule has 4 atom stereocenters. The lowest BCUT2D eigenvalue weighted by atomic mass is 9.92. The zero-order chi connectivity index (χ0) is 21.3. The van der Waals surface area contributed by atoms with E-state index in [-0.39, 0.29) is 0 Å². The number of likely N-dealkylation sites (tertiary alicyclic amines) is 2. The Kier molecular flexibility index (Phi) is 10.5. The highest BCUT2D eigenvalue weighted by atomic mass is 15.4. The standard InChI is InChI=1S/C27H56N2/c1-7-16-28(20-24(9-3)25(10-4)21-28)18-14-13-15-19-29(17-8-2)22-26(11-5)27(12-6)23-29/h24-27H,7-23H2,1-6H3/q+2. The molecular weight excluding hydrogens is 352 g/mol. The molecule has 0 aromatic carbocycles. The van der Waals surface area contributed by atoms with Crippen molar-refractivity contribution in [3.8, 4) is 0 Å². The highest BCUT2D eigenvalue weighted by Gasteiger charge is 2.43. The molecule has 2 aliphatic rings. The van der Waals surface area contributed by atoms with Gasteiger partial charge in [-0.15, -0.1) is 0 Å². The summed E-state index contributed by atoms with van der Waals surface area (Å²) in [5.74, 6) is 3.97. The van der Waals surface area contributed by atoms with E-state index in [1.807, 2.05) is 0 Å². The topological polar surface area (TPSA) is 0 Å². The summed E-state index contributed by atoms with van der Waals surface area (Å²) in [5, 5.41) is 0. The van der Waals surface area contributed by atoms with Gasteiger partial charge in [-0.25, -0.2) is 0 Å². The van der Waals surface area contributed by atoms with Crippen LogP contribution in [0, 0.1) is 23.7 Å². The Bertz CT molecular complexity index is 382. The van der Waals surface area contributed by atoms with Crippen LogP contribution in [0.5, 0.6) is 0 Å². The molecule has 0 N–H and O–H groups in total. The second-order valence-electron chi connectivity index (χ2n) is 11.0. The number of hydrogen-bond donors (Lipinski definition) is 0. The van der Waals surface area contributed by atoms with E-state index in [4.69, 9.17) is 0 Å². The number of quaternary nitrogens is 2. The predicted octanol–water partition coefficient (Wildman–Crippen LogP) is 6.74. The zero-order valence-corrected chi connectivity index (χ0v) is 21.2. The van der Waals surface area contributed by atoms with Crippen LogP contribution >= 0.6 is 0 Å². The van der Waals surface area contributed by atoms with E-state index >= 15 is 0 Å². The van der Waals surface area contributed by atoms with Gasteiger partial charge in [-0.05, 0) is 57.8 Å². The van der Waals surface area contributed by atoms with Crippen LogP contribution in [0.1, 0.15) is 99.3 Å². The third-order valence-corrected chi connectivity index (χ3v) is 9.08. The van der Waals surface area contributed by atoms with Crippen molar-refractivity contribution in [3.63, 3.8) is 0 Å². The third kappa shape index (κ3) is 6.45. The van der Waals surface area contributed by atoms with Gasteiger partial charge in [0.15, 0.2) is 0 Å². The van der Waals surface area contributed by atoms with Crippen LogP contribution in [-0.2, 0) is 0 Å². The van der Waals surface area contributed by atoms with Crippen LogP contribution < -0.4 is 0 Å². The Labute approximate surface area is 184 Å². The monoisotopic (exact) mass is 408 g/mol. The van der Waals surface area contributed by atoms with Crippen molar-refractivity contribution in [2.24, 2.45) is 23.7 Å². The number of nitrogens with zero attached hydrogens (tertiary/aromatic N) is 2. The minimum atomic E-state index is 0.992. The summed E-state index contributed by atoms with van der Waals surface area (Å²) in [5.41, 5.74) is 0. The second-order valence-corrected chi connectivity index (χ2v) is 11.0. The van der Waals surface area contributed by atoms with Crippen molar-refractivity contribution < 1.29 is 8.97 Å². The molecule has 2 saturated heterocycles. The molecule has 0 amide bonds. The SMILES string of the molecule is CCC[N+]1(CCCCC[N+]2(CCC)CC(CC)C(CC)C2)CC(CC)C(CC)C1. The Balaban J connectivity index is 1.83. The van der Waals surface area contributed by atoms with Crippen LogP contribution in [0.4, 0.5) is 0 Å². The number of rotatable bonds is 14. The van der Waals surface area contributed by atoms with Crippen molar-refractivity contribution in [1.29, 1.82) is 0 Å². The maximum Gasteiger partial charge on any atom is 0.0820 e. The summed E-state index contributed by atoms with van der Waals surface area (Å²) in [4.78, 5) is 0. The molecule has 0 radical (unpaired) electrons. The molecule has 172 valence electrons. The van der Waals surface area contributed by atoms with Crippen LogP contribution in [0.25, 0.3) is 0 Å². The van der Waals surface area contributed by atoms with Crippen molar-refractivity contribution in [2.45, 2.75) is 99.3 Å². The van der Waals surface area contributed by atoms with Gasteiger partial charge in [0.1, 0.15) is 0 Å². The van der Waals surface area contributed by atoms with Crippen molar-refractivity contribution in [2.75, 3.05) is 52.4 Å². The summed E-state index contributed by atoms with van der Waals surface area (Å²) in [6.07, 6.45) is 12.7. The fraction of sp³-hybridized carbons (Fsp3) is 1.00. The van der Waals surface area contributed by atoms with E-state index in [9.17, 15) is 0 Å². The molecule has 0 saturated carbocycles. The highest BCUT2D eigenvalue weighted by Crippen LogP contribution is 2.36. The van der Waals surface area contributed by atoms with E-state index in [2.05, 4.69) is 41.5 Å². The molecule has 0 bridgehead atoms. The maximum absolute atomic E-state index is 2.43. The fourth-order valence-electron chi connectivity index (χ4n) is 7.56. The molecule has 2 heteroatoms. The van der Waals surface area contributed by atoms with E-state index < -0.39 is 0 Å². The molecule has 2 nitrogen and oxygen atoms in total. The van der Waals surface area contributed by atoms with Crippen LogP contribution in [-0.4, -0.2) is 61.3 Å². The first-order valence-corrected chi connectivity index (χ1v) is 13.7.